The summed E-state index contributed by atoms with van der Waals surface area (Å²) in [5.41, 5.74) is 9.59. The maximum absolute atomic E-state index is 6.00. The van der Waals surface area contributed by atoms with E-state index in [1.54, 1.807) is 0 Å². The maximum atomic E-state index is 6.00. The van der Waals surface area contributed by atoms with Gasteiger partial charge < -0.3 is 11.1 Å². The third-order valence-corrected chi connectivity index (χ3v) is 4.03. The second-order valence-electron chi connectivity index (χ2n) is 5.86. The molecule has 0 amide bonds. The van der Waals surface area contributed by atoms with Crippen LogP contribution in [-0.4, -0.2) is 22.6 Å². The van der Waals surface area contributed by atoms with Gasteiger partial charge in [-0.3, -0.25) is 0 Å². The zero-order chi connectivity index (χ0) is 16.1. The molecule has 1 aromatic heterocycles. The van der Waals surface area contributed by atoms with Gasteiger partial charge in [0.05, 0.1) is 0 Å². The first-order valence-electron chi connectivity index (χ1n) is 7.94. The fraction of sp³-hybridized carbons (Fsp3) is 0.263. The van der Waals surface area contributed by atoms with Crippen LogP contribution in [0.1, 0.15) is 23.4 Å². The van der Waals surface area contributed by atoms with Crippen molar-refractivity contribution in [2.75, 3.05) is 12.3 Å². The van der Waals surface area contributed by atoms with E-state index < -0.39 is 0 Å². The Balaban J connectivity index is 1.64. The standard InChI is InChI=1S/C19H22N4/c1-14-22-13-17(19(20)23-14)12-18-11-16(9-10-21-18)8-7-15-5-3-2-4-6-15/h2-9,13,18,21H,10-12H2,1H3,(H2,20,22,23)/b8-7+. The van der Waals surface area contributed by atoms with Crippen molar-refractivity contribution in [3.8, 4) is 0 Å². The zero-order valence-electron chi connectivity index (χ0n) is 13.4. The first kappa shape index (κ1) is 15.4. The Kier molecular flexibility index (Phi) is 4.83. The number of rotatable bonds is 4. The topological polar surface area (TPSA) is 63.8 Å². The van der Waals surface area contributed by atoms with Gasteiger partial charge in [-0.2, -0.15) is 0 Å². The molecule has 0 spiro atoms. The number of nitrogens with zero attached hydrogens (tertiary/aromatic N) is 2. The molecular formula is C19H22N4. The van der Waals surface area contributed by atoms with Crippen LogP contribution < -0.4 is 11.1 Å². The van der Waals surface area contributed by atoms with Gasteiger partial charge >= 0.3 is 0 Å². The van der Waals surface area contributed by atoms with Gasteiger partial charge in [-0.15, -0.1) is 0 Å². The molecule has 1 aliphatic rings. The van der Waals surface area contributed by atoms with Crippen LogP contribution in [0, 0.1) is 6.92 Å². The Morgan fingerprint density at radius 3 is 2.87 bits per heavy atom. The van der Waals surface area contributed by atoms with Crippen molar-refractivity contribution in [2.45, 2.75) is 25.8 Å². The molecule has 0 fully saturated rings. The van der Waals surface area contributed by atoms with E-state index >= 15 is 0 Å². The lowest BCUT2D eigenvalue weighted by atomic mass is 9.96. The number of anilines is 1. The molecule has 3 N–H and O–H groups in total. The predicted molar refractivity (Wildman–Crippen MR) is 94.9 cm³/mol. The summed E-state index contributed by atoms with van der Waals surface area (Å²) in [6.45, 7) is 2.74. The molecule has 118 valence electrons. The smallest absolute Gasteiger partial charge is 0.130 e. The fourth-order valence-electron chi connectivity index (χ4n) is 2.78. The highest BCUT2D eigenvalue weighted by molar-refractivity contribution is 5.53. The molecule has 1 aliphatic heterocycles. The van der Waals surface area contributed by atoms with Crippen molar-refractivity contribution >= 4 is 11.9 Å². The molecule has 0 saturated heterocycles. The first-order chi connectivity index (χ1) is 11.2. The van der Waals surface area contributed by atoms with Crippen LogP contribution in [0.25, 0.3) is 6.08 Å². The Morgan fingerprint density at radius 1 is 1.26 bits per heavy atom. The minimum Gasteiger partial charge on any atom is -0.383 e. The van der Waals surface area contributed by atoms with Crippen LogP contribution in [0.5, 0.6) is 0 Å². The maximum Gasteiger partial charge on any atom is 0.130 e. The molecule has 1 aromatic carbocycles. The SMILES string of the molecule is Cc1ncc(CC2CC(/C=C/c3ccccc3)=CCN2)c(N)n1. The quantitative estimate of drug-likeness (QED) is 0.911. The summed E-state index contributed by atoms with van der Waals surface area (Å²) in [5.74, 6) is 1.31. The highest BCUT2D eigenvalue weighted by Gasteiger charge is 2.16. The Morgan fingerprint density at radius 2 is 2.09 bits per heavy atom. The van der Waals surface area contributed by atoms with E-state index in [-0.39, 0.29) is 0 Å². The zero-order valence-corrected chi connectivity index (χ0v) is 13.4. The van der Waals surface area contributed by atoms with Crippen LogP contribution in [0.3, 0.4) is 0 Å². The molecule has 2 heterocycles. The summed E-state index contributed by atoms with van der Waals surface area (Å²) in [7, 11) is 0. The van der Waals surface area contributed by atoms with Crippen LogP contribution >= 0.6 is 0 Å². The average molecular weight is 306 g/mol. The van der Waals surface area contributed by atoms with Crippen molar-refractivity contribution < 1.29 is 0 Å². The van der Waals surface area contributed by atoms with Gasteiger partial charge in [-0.25, -0.2) is 9.97 Å². The Bertz CT molecular complexity index is 719. The summed E-state index contributed by atoms with van der Waals surface area (Å²) in [4.78, 5) is 8.50. The summed E-state index contributed by atoms with van der Waals surface area (Å²) in [6, 6.07) is 10.7. The van der Waals surface area contributed by atoms with E-state index in [0.29, 0.717) is 17.7 Å². The van der Waals surface area contributed by atoms with E-state index in [2.05, 4.69) is 57.8 Å². The second kappa shape index (κ2) is 7.20. The summed E-state index contributed by atoms with van der Waals surface area (Å²) >= 11 is 0. The fourth-order valence-corrected chi connectivity index (χ4v) is 2.78. The van der Waals surface area contributed by atoms with Gasteiger partial charge in [0.1, 0.15) is 11.6 Å². The molecular weight excluding hydrogens is 284 g/mol. The Labute approximate surface area is 137 Å². The van der Waals surface area contributed by atoms with Crippen LogP contribution in [0.4, 0.5) is 5.82 Å². The molecule has 1 atom stereocenters. The normalized spacial score (nSPS) is 18.1. The summed E-state index contributed by atoms with van der Waals surface area (Å²) in [5, 5.41) is 3.52. The summed E-state index contributed by atoms with van der Waals surface area (Å²) in [6.07, 6.45) is 10.3. The van der Waals surface area contributed by atoms with Gasteiger partial charge in [0.15, 0.2) is 0 Å². The summed E-state index contributed by atoms with van der Waals surface area (Å²) < 4.78 is 0. The number of aryl methyl sites for hydroxylation is 1. The second-order valence-corrected chi connectivity index (χ2v) is 5.86. The molecule has 0 bridgehead atoms. The van der Waals surface area contributed by atoms with Crippen molar-refractivity contribution in [3.05, 3.63) is 71.2 Å². The van der Waals surface area contributed by atoms with E-state index in [0.717, 1.165) is 24.9 Å². The number of nitrogens with two attached hydrogens (primary N) is 1. The number of nitrogen functional groups attached to an aromatic ring is 1. The molecule has 3 rings (SSSR count). The van der Waals surface area contributed by atoms with Crippen molar-refractivity contribution in [3.63, 3.8) is 0 Å². The van der Waals surface area contributed by atoms with Crippen molar-refractivity contribution in [1.29, 1.82) is 0 Å². The molecule has 0 radical (unpaired) electrons. The third kappa shape index (κ3) is 4.27. The third-order valence-electron chi connectivity index (χ3n) is 4.03. The molecule has 0 aliphatic carbocycles. The first-order valence-corrected chi connectivity index (χ1v) is 7.94. The lowest BCUT2D eigenvalue weighted by Crippen LogP contribution is -2.35. The number of nitrogens with one attached hydrogen (secondary N) is 1. The van der Waals surface area contributed by atoms with Crippen molar-refractivity contribution in [2.24, 2.45) is 0 Å². The van der Waals surface area contributed by atoms with Gasteiger partial charge in [0, 0.05) is 24.3 Å². The minimum absolute atomic E-state index is 0.365. The average Bonchev–Trinajstić information content (AvgIpc) is 2.57. The number of hydrogen-bond donors (Lipinski definition) is 2. The van der Waals surface area contributed by atoms with E-state index in [9.17, 15) is 0 Å². The molecule has 4 heteroatoms. The highest BCUT2D eigenvalue weighted by Crippen LogP contribution is 2.18. The Hall–Kier alpha value is -2.46. The van der Waals surface area contributed by atoms with Crippen molar-refractivity contribution in [1.82, 2.24) is 15.3 Å². The molecule has 23 heavy (non-hydrogen) atoms. The van der Waals surface area contributed by atoms with Crippen LogP contribution in [0.15, 0.2) is 54.3 Å². The van der Waals surface area contributed by atoms with Gasteiger partial charge in [-0.1, -0.05) is 48.6 Å². The largest absolute Gasteiger partial charge is 0.383 e. The van der Waals surface area contributed by atoms with Gasteiger partial charge in [0.25, 0.3) is 0 Å². The molecule has 4 nitrogen and oxygen atoms in total. The van der Waals surface area contributed by atoms with Gasteiger partial charge in [0.2, 0.25) is 0 Å². The van der Waals surface area contributed by atoms with Crippen LogP contribution in [0.2, 0.25) is 0 Å². The lowest BCUT2D eigenvalue weighted by molar-refractivity contribution is 0.515. The number of allylic oxidation sites excluding steroid dienone is 1. The molecule has 1 unspecified atom stereocenters. The number of benzene rings is 1. The predicted octanol–water partition coefficient (Wildman–Crippen LogP) is 2.91. The highest BCUT2D eigenvalue weighted by atomic mass is 14.9. The number of hydrogen-bond acceptors (Lipinski definition) is 4. The lowest BCUT2D eigenvalue weighted by Gasteiger charge is -2.23. The molecule has 0 saturated carbocycles. The molecule has 2 aromatic rings. The van der Waals surface area contributed by atoms with Crippen LogP contribution in [-0.2, 0) is 6.42 Å². The van der Waals surface area contributed by atoms with Gasteiger partial charge in [-0.05, 0) is 30.9 Å². The van der Waals surface area contributed by atoms with E-state index in [1.807, 2.05) is 19.2 Å². The monoisotopic (exact) mass is 306 g/mol. The van der Waals surface area contributed by atoms with E-state index in [4.69, 9.17) is 5.73 Å². The minimum atomic E-state index is 0.365. The number of aromatic nitrogens is 2. The van der Waals surface area contributed by atoms with E-state index in [1.165, 1.54) is 11.1 Å².